The Labute approximate surface area is 152 Å². The highest BCUT2D eigenvalue weighted by Crippen LogP contribution is 2.19. The minimum absolute atomic E-state index is 0.0598. The average Bonchev–Trinajstić information content (AvgIpc) is 2.97. The Bertz CT molecular complexity index is 1280. The molecule has 0 atom stereocenters. The molecule has 6 heteroatoms. The number of aromatic nitrogens is 1. The van der Waals surface area contributed by atoms with Gasteiger partial charge < -0.3 is 8.98 Å². The third-order valence-corrected chi connectivity index (χ3v) is 5.48. The van der Waals surface area contributed by atoms with Crippen LogP contribution >= 0.6 is 11.3 Å². The van der Waals surface area contributed by atoms with Crippen LogP contribution in [-0.4, -0.2) is 10.5 Å². The van der Waals surface area contributed by atoms with Crippen LogP contribution in [0.25, 0.3) is 21.2 Å². The van der Waals surface area contributed by atoms with Gasteiger partial charge in [0.1, 0.15) is 17.4 Å². The zero-order valence-electron chi connectivity index (χ0n) is 14.4. The first-order valence-electron chi connectivity index (χ1n) is 8.26. The highest BCUT2D eigenvalue weighted by atomic mass is 32.1. The fraction of sp³-hybridized carbons (Fsp3) is 0.150. The van der Waals surface area contributed by atoms with Gasteiger partial charge >= 0.3 is 0 Å². The molecule has 2 heterocycles. The Morgan fingerprint density at radius 1 is 1.23 bits per heavy atom. The van der Waals surface area contributed by atoms with Crippen molar-refractivity contribution >= 4 is 38.4 Å². The van der Waals surface area contributed by atoms with Crippen LogP contribution in [0.15, 0.2) is 62.9 Å². The second kappa shape index (κ2) is 6.38. The zero-order chi connectivity index (χ0) is 18.3. The van der Waals surface area contributed by atoms with Gasteiger partial charge in [0, 0.05) is 7.05 Å². The maximum atomic E-state index is 12.6. The van der Waals surface area contributed by atoms with Crippen LogP contribution in [0.1, 0.15) is 22.8 Å². The molecule has 4 rings (SSSR count). The number of carbonyl (C=O) groups excluding carboxylic acids is 1. The van der Waals surface area contributed by atoms with E-state index in [2.05, 4.69) is 24.0 Å². The van der Waals surface area contributed by atoms with Crippen molar-refractivity contribution in [3.05, 3.63) is 74.9 Å². The van der Waals surface area contributed by atoms with Crippen LogP contribution in [0.2, 0.25) is 0 Å². The highest BCUT2D eigenvalue weighted by Gasteiger charge is 2.14. The van der Waals surface area contributed by atoms with Crippen molar-refractivity contribution < 1.29 is 9.21 Å². The Hall–Kier alpha value is -2.99. The Kier molecular flexibility index (Phi) is 4.05. The molecular formula is C20H16N2O3S. The number of nitrogens with zero attached hydrogens (tertiary/aromatic N) is 2. The van der Waals surface area contributed by atoms with E-state index in [1.807, 2.05) is 17.7 Å². The molecule has 0 fully saturated rings. The quantitative estimate of drug-likeness (QED) is 0.545. The van der Waals surface area contributed by atoms with E-state index in [9.17, 15) is 9.59 Å². The molecule has 0 aliphatic heterocycles. The number of thiazole rings is 1. The second-order valence-electron chi connectivity index (χ2n) is 5.99. The van der Waals surface area contributed by atoms with Gasteiger partial charge in [-0.2, -0.15) is 4.99 Å². The van der Waals surface area contributed by atoms with Crippen LogP contribution in [0, 0.1) is 0 Å². The first kappa shape index (κ1) is 16.5. The van der Waals surface area contributed by atoms with E-state index in [4.69, 9.17) is 4.42 Å². The molecule has 0 N–H and O–H groups in total. The number of hydrogen-bond acceptors (Lipinski definition) is 4. The van der Waals surface area contributed by atoms with Crippen molar-refractivity contribution in [1.29, 1.82) is 0 Å². The molecule has 0 spiro atoms. The fourth-order valence-electron chi connectivity index (χ4n) is 2.88. The largest absolute Gasteiger partial charge is 0.463 e. The third-order valence-electron chi connectivity index (χ3n) is 4.39. The van der Waals surface area contributed by atoms with Crippen LogP contribution < -0.4 is 10.2 Å². The lowest BCUT2D eigenvalue weighted by atomic mass is 10.1. The van der Waals surface area contributed by atoms with Gasteiger partial charge in [0.15, 0.2) is 4.80 Å². The summed E-state index contributed by atoms with van der Waals surface area (Å²) in [4.78, 5) is 29.9. The normalized spacial score (nSPS) is 12.2. The summed E-state index contributed by atoms with van der Waals surface area (Å²) in [6.07, 6.45) is 2.14. The molecule has 0 unspecified atom stereocenters. The molecule has 0 bridgehead atoms. The lowest BCUT2D eigenvalue weighted by Gasteiger charge is -1.99. The number of fused-ring (bicyclic) bond motifs is 2. The predicted molar refractivity (Wildman–Crippen MR) is 103 cm³/mol. The second-order valence-corrected chi connectivity index (χ2v) is 7.00. The van der Waals surface area contributed by atoms with E-state index >= 15 is 0 Å². The molecule has 0 saturated heterocycles. The molecule has 0 saturated carbocycles. The molecule has 0 aliphatic carbocycles. The Balaban J connectivity index is 1.85. The summed E-state index contributed by atoms with van der Waals surface area (Å²) < 4.78 is 8.34. The van der Waals surface area contributed by atoms with E-state index in [1.54, 1.807) is 24.3 Å². The summed E-state index contributed by atoms with van der Waals surface area (Å²) in [6, 6.07) is 13.1. The van der Waals surface area contributed by atoms with Crippen molar-refractivity contribution in [1.82, 2.24) is 4.57 Å². The van der Waals surface area contributed by atoms with Crippen LogP contribution in [0.3, 0.4) is 0 Å². The number of aryl methyl sites for hydroxylation is 2. The molecular weight excluding hydrogens is 348 g/mol. The lowest BCUT2D eigenvalue weighted by molar-refractivity contribution is 0.0995. The summed E-state index contributed by atoms with van der Waals surface area (Å²) in [6.45, 7) is 2.10. The number of para-hydroxylation sites is 1. The molecule has 1 amide bonds. The van der Waals surface area contributed by atoms with Gasteiger partial charge in [-0.1, -0.05) is 36.5 Å². The predicted octanol–water partition coefficient (Wildman–Crippen LogP) is 3.65. The Morgan fingerprint density at radius 2 is 2.04 bits per heavy atom. The summed E-state index contributed by atoms with van der Waals surface area (Å²) in [5.41, 5.74) is 2.26. The Morgan fingerprint density at radius 3 is 2.85 bits per heavy atom. The smallest absolute Gasteiger partial charge is 0.286 e. The van der Waals surface area contributed by atoms with Crippen LogP contribution in [0.4, 0.5) is 0 Å². The highest BCUT2D eigenvalue weighted by molar-refractivity contribution is 7.16. The van der Waals surface area contributed by atoms with Crippen LogP contribution in [-0.2, 0) is 13.5 Å². The molecule has 130 valence electrons. The summed E-state index contributed by atoms with van der Waals surface area (Å²) in [7, 11) is 1.86. The van der Waals surface area contributed by atoms with Gasteiger partial charge in [-0.25, -0.2) is 0 Å². The maximum absolute atomic E-state index is 12.6. The number of carbonyl (C=O) groups is 1. The van der Waals surface area contributed by atoms with Gasteiger partial charge in [0.25, 0.3) is 5.91 Å². The van der Waals surface area contributed by atoms with Gasteiger partial charge in [0.2, 0.25) is 5.43 Å². The van der Waals surface area contributed by atoms with E-state index in [-0.39, 0.29) is 11.0 Å². The molecule has 2 aromatic carbocycles. The van der Waals surface area contributed by atoms with E-state index in [1.165, 1.54) is 23.2 Å². The number of hydrogen-bond donors (Lipinski definition) is 0. The minimum atomic E-state index is -0.595. The topological polar surface area (TPSA) is 64.6 Å². The van der Waals surface area contributed by atoms with Gasteiger partial charge in [0.05, 0.1) is 15.6 Å². The first-order valence-corrected chi connectivity index (χ1v) is 9.08. The minimum Gasteiger partial charge on any atom is -0.463 e. The maximum Gasteiger partial charge on any atom is 0.286 e. The average molecular weight is 364 g/mol. The van der Waals surface area contributed by atoms with E-state index in [0.717, 1.165) is 16.6 Å². The SMILES string of the molecule is CCc1ccc2c(c1)sc(=NC(=O)c1coc3ccccc3c1=O)n2C. The molecule has 0 aliphatic rings. The molecule has 0 radical (unpaired) electrons. The van der Waals surface area contributed by atoms with E-state index < -0.39 is 5.91 Å². The summed E-state index contributed by atoms with van der Waals surface area (Å²) in [5, 5.41) is 0.377. The number of benzene rings is 2. The van der Waals surface area contributed by atoms with Gasteiger partial charge in [-0.3, -0.25) is 9.59 Å². The van der Waals surface area contributed by atoms with Gasteiger partial charge in [-0.15, -0.1) is 0 Å². The first-order chi connectivity index (χ1) is 12.6. The molecule has 2 aromatic heterocycles. The van der Waals surface area contributed by atoms with Crippen LogP contribution in [0.5, 0.6) is 0 Å². The van der Waals surface area contributed by atoms with Crippen molar-refractivity contribution in [2.45, 2.75) is 13.3 Å². The summed E-state index contributed by atoms with van der Waals surface area (Å²) >= 11 is 1.43. The van der Waals surface area contributed by atoms with Crippen molar-refractivity contribution in [2.24, 2.45) is 12.0 Å². The molecule has 4 aromatic rings. The standard InChI is InChI=1S/C20H16N2O3S/c1-3-12-8-9-15-17(10-12)26-20(22(15)2)21-19(24)14-11-25-16-7-5-4-6-13(16)18(14)23/h4-11H,3H2,1-2H3. The summed E-state index contributed by atoms with van der Waals surface area (Å²) in [5.74, 6) is -0.595. The number of rotatable bonds is 2. The molecule has 5 nitrogen and oxygen atoms in total. The molecule has 26 heavy (non-hydrogen) atoms. The van der Waals surface area contributed by atoms with Crippen molar-refractivity contribution in [2.75, 3.05) is 0 Å². The van der Waals surface area contributed by atoms with Crippen molar-refractivity contribution in [3.63, 3.8) is 0 Å². The van der Waals surface area contributed by atoms with Crippen molar-refractivity contribution in [3.8, 4) is 0 Å². The lowest BCUT2D eigenvalue weighted by Crippen LogP contribution is -2.18. The monoisotopic (exact) mass is 364 g/mol. The van der Waals surface area contributed by atoms with Gasteiger partial charge in [-0.05, 0) is 36.2 Å². The zero-order valence-corrected chi connectivity index (χ0v) is 15.2. The third kappa shape index (κ3) is 2.68. The number of amides is 1. The fourth-order valence-corrected chi connectivity index (χ4v) is 3.96. The van der Waals surface area contributed by atoms with E-state index in [0.29, 0.717) is 15.8 Å².